The number of carboxylic acid groups (broad SMARTS) is 1. The van der Waals surface area contributed by atoms with Crippen LogP contribution in [0.4, 0.5) is 22.4 Å². The second-order valence-corrected chi connectivity index (χ2v) is 19.4. The van der Waals surface area contributed by atoms with Crippen molar-refractivity contribution in [1.82, 2.24) is 30.2 Å². The van der Waals surface area contributed by atoms with Crippen LogP contribution in [0.2, 0.25) is 0 Å². The third kappa shape index (κ3) is 10.7. The van der Waals surface area contributed by atoms with Crippen LogP contribution in [0.5, 0.6) is 11.6 Å². The number of rotatable bonds is 18. The maximum absolute atomic E-state index is 16.1. The van der Waals surface area contributed by atoms with Crippen LogP contribution in [0.1, 0.15) is 107 Å². The molecule has 1 aromatic carbocycles. The number of sulfonamides is 1. The van der Waals surface area contributed by atoms with Gasteiger partial charge in [-0.25, -0.2) is 32.0 Å². The van der Waals surface area contributed by atoms with Crippen LogP contribution in [-0.4, -0.2) is 101 Å². The van der Waals surface area contributed by atoms with E-state index in [1.54, 1.807) is 6.92 Å². The van der Waals surface area contributed by atoms with Crippen LogP contribution in [0.25, 0.3) is 11.0 Å². The summed E-state index contributed by atoms with van der Waals surface area (Å²) in [5.41, 5.74) is -2.86. The average Bonchev–Trinajstić information content (AvgIpc) is 4.10. The van der Waals surface area contributed by atoms with Gasteiger partial charge in [0.25, 0.3) is 11.8 Å². The van der Waals surface area contributed by atoms with Crippen molar-refractivity contribution in [2.24, 2.45) is 23.7 Å². The topological polar surface area (TPSA) is 206 Å². The minimum absolute atomic E-state index is 0. The number of ether oxygens (including phenoxy) is 2. The molecule has 338 valence electrons. The van der Waals surface area contributed by atoms with Crippen LogP contribution < -0.4 is 24.8 Å². The molecule has 15 nitrogen and oxygen atoms in total. The summed E-state index contributed by atoms with van der Waals surface area (Å²) in [6.45, 7) is 8.19. The highest BCUT2D eigenvalue weighted by atomic mass is 32.2. The van der Waals surface area contributed by atoms with Gasteiger partial charge in [0.1, 0.15) is 30.0 Å². The molecule has 2 heterocycles. The van der Waals surface area contributed by atoms with E-state index >= 15 is 8.78 Å². The molecular formula is C40H60F4N6O9S. The van der Waals surface area contributed by atoms with Crippen LogP contribution in [-0.2, 0) is 30.3 Å². The predicted octanol–water partition coefficient (Wildman–Crippen LogP) is 6.25. The summed E-state index contributed by atoms with van der Waals surface area (Å²) in [6.07, 6.45) is -2.84. The quantitative estimate of drug-likeness (QED) is 0.0974. The van der Waals surface area contributed by atoms with E-state index in [-0.39, 0.29) is 39.6 Å². The summed E-state index contributed by atoms with van der Waals surface area (Å²) in [5, 5.41) is 13.4. The van der Waals surface area contributed by atoms with Crippen molar-refractivity contribution in [3.63, 3.8) is 0 Å². The smallest absolute Gasteiger partial charge is 0.405 e. The Morgan fingerprint density at radius 3 is 2.30 bits per heavy atom. The molecule has 60 heavy (non-hydrogen) atoms. The van der Waals surface area contributed by atoms with E-state index in [4.69, 9.17) is 9.47 Å². The van der Waals surface area contributed by atoms with Gasteiger partial charge in [0.15, 0.2) is 5.69 Å². The third-order valence-corrected chi connectivity index (χ3v) is 13.6. The van der Waals surface area contributed by atoms with E-state index in [1.165, 1.54) is 32.2 Å². The molecule has 3 aliphatic carbocycles. The van der Waals surface area contributed by atoms with Crippen molar-refractivity contribution in [3.8, 4) is 11.6 Å². The number of carbonyl (C=O) groups is 4. The van der Waals surface area contributed by atoms with Gasteiger partial charge in [0, 0.05) is 21.3 Å². The van der Waals surface area contributed by atoms with Gasteiger partial charge in [-0.15, -0.1) is 0 Å². The lowest BCUT2D eigenvalue weighted by Gasteiger charge is -2.29. The zero-order chi connectivity index (χ0) is 44.4. The summed E-state index contributed by atoms with van der Waals surface area (Å²) in [5.74, 6) is -8.62. The number of hydrogen-bond donors (Lipinski definition) is 4. The fraction of sp³-hybridized carbons (Fsp3) is 0.700. The second-order valence-electron chi connectivity index (χ2n) is 17.2. The summed E-state index contributed by atoms with van der Waals surface area (Å²) in [7, 11) is -2.90. The monoisotopic (exact) mass is 876 g/mol. The van der Waals surface area contributed by atoms with E-state index in [0.29, 0.717) is 18.1 Å². The first kappa shape index (κ1) is 46.6. The van der Waals surface area contributed by atoms with Crippen molar-refractivity contribution < 1.29 is 62.6 Å². The lowest BCUT2D eigenvalue weighted by Crippen LogP contribution is -2.59. The number of likely N-dealkylation sites (tertiary alicyclic amines) is 1. The fourth-order valence-electron chi connectivity index (χ4n) is 7.38. The zero-order valence-electron chi connectivity index (χ0n) is 34.7. The van der Waals surface area contributed by atoms with Crippen molar-refractivity contribution in [1.29, 1.82) is 0 Å². The number of aromatic nitrogens is 2. The zero-order valence-corrected chi connectivity index (χ0v) is 35.6. The third-order valence-electron chi connectivity index (χ3n) is 11.4. The number of nitrogens with zero attached hydrogens (tertiary/aromatic N) is 3. The van der Waals surface area contributed by atoms with E-state index in [1.807, 2.05) is 10.0 Å². The number of carbonyl (C=O) groups excluding carboxylic acids is 3. The molecule has 4 N–H and O–H groups in total. The number of methoxy groups -OCH3 is 1. The first-order valence-corrected chi connectivity index (χ1v) is 21.9. The van der Waals surface area contributed by atoms with Crippen molar-refractivity contribution in [2.75, 3.05) is 20.2 Å². The molecule has 4 fully saturated rings. The maximum atomic E-state index is 16.1. The van der Waals surface area contributed by atoms with Gasteiger partial charge in [-0.2, -0.15) is 8.78 Å². The fourth-order valence-corrected chi connectivity index (χ4v) is 8.69. The Hall–Kier alpha value is -4.49. The van der Waals surface area contributed by atoms with Gasteiger partial charge >= 0.3 is 6.09 Å². The predicted molar refractivity (Wildman–Crippen MR) is 215 cm³/mol. The highest BCUT2D eigenvalue weighted by molar-refractivity contribution is 7.91. The van der Waals surface area contributed by atoms with E-state index in [0.717, 1.165) is 30.1 Å². The molecule has 4 aliphatic rings. The SMILES string of the molecule is CC(C)C.CC[C@@H]1[C@@H](Oc2nc3cc(OC)ccc3nc2C(F)(F)CCCCC2CC2)CN(C(=O)CNC(=O)O)[C@@H]1C(=O)N[C@]1(C(=O)NS(=O)(=O)C2(C)CC2)C[C@H]1C(F)F.[HH].[HH]. The van der Waals surface area contributed by atoms with Crippen LogP contribution in [0.3, 0.4) is 0 Å². The van der Waals surface area contributed by atoms with E-state index < -0.39 is 118 Å². The molecule has 4 amide bonds. The molecule has 3 saturated carbocycles. The molecule has 1 saturated heterocycles. The van der Waals surface area contributed by atoms with Gasteiger partial charge in [0.05, 0.1) is 35.4 Å². The Bertz CT molecular complexity index is 2040. The Labute approximate surface area is 350 Å². The summed E-state index contributed by atoms with van der Waals surface area (Å²) >= 11 is 0. The van der Waals surface area contributed by atoms with Crippen molar-refractivity contribution >= 4 is 44.9 Å². The standard InChI is InChI=1S/C36H46F4N6O9S.C4H10.2H2/c1-4-21-25(55-31-28(36(39,40)12-6-5-7-19-8-9-19)42-23-11-10-20(54-3)15-24(23)43-31)18-46(26(47)17-41-33(50)51)27(21)30(48)44-35(16-22(35)29(37)38)32(49)45-56(52,53)34(2)13-14-34;1-4(2)3;;/h10-11,15,19,21-22,25,27,29,41H,4-9,12-14,16-18H2,1-3H3,(H,44,48)(H,45,49)(H,50,51);4H,1-3H3;2*1H/t21-,22+,25+,27+,35-;;;/m1.../s1. The average molecular weight is 877 g/mol. The maximum Gasteiger partial charge on any atom is 0.405 e. The molecule has 0 bridgehead atoms. The molecule has 0 spiro atoms. The van der Waals surface area contributed by atoms with Crippen LogP contribution in [0.15, 0.2) is 18.2 Å². The molecular weight excluding hydrogens is 817 g/mol. The summed E-state index contributed by atoms with van der Waals surface area (Å²) in [6, 6.07) is 2.86. The highest BCUT2D eigenvalue weighted by Crippen LogP contribution is 2.50. The van der Waals surface area contributed by atoms with Crippen molar-refractivity contribution in [3.05, 3.63) is 23.9 Å². The first-order chi connectivity index (χ1) is 28.1. The van der Waals surface area contributed by atoms with E-state index in [9.17, 15) is 41.5 Å². The number of amides is 4. The number of alkyl halides is 4. The van der Waals surface area contributed by atoms with Gasteiger partial charge < -0.3 is 30.1 Å². The first-order valence-electron chi connectivity index (χ1n) is 20.4. The minimum atomic E-state index is -4.30. The van der Waals surface area contributed by atoms with Crippen LogP contribution >= 0.6 is 0 Å². The lowest BCUT2D eigenvalue weighted by molar-refractivity contribution is -0.140. The summed E-state index contributed by atoms with van der Waals surface area (Å²) < 4.78 is 98.3. The molecule has 20 heteroatoms. The van der Waals surface area contributed by atoms with Gasteiger partial charge in [-0.05, 0) is 63.0 Å². The molecule has 6 rings (SSSR count). The van der Waals surface area contributed by atoms with Gasteiger partial charge in [-0.3, -0.25) is 19.1 Å². The number of halogens is 4. The Morgan fingerprint density at radius 2 is 1.75 bits per heavy atom. The normalized spacial score (nSPS) is 24.4. The largest absolute Gasteiger partial charge is 0.497 e. The minimum Gasteiger partial charge on any atom is -0.497 e. The number of nitrogens with one attached hydrogen (secondary N) is 3. The van der Waals surface area contributed by atoms with Gasteiger partial charge in [0.2, 0.25) is 34.1 Å². The molecule has 0 radical (unpaired) electrons. The Morgan fingerprint density at radius 1 is 1.08 bits per heavy atom. The molecule has 1 aliphatic heterocycles. The number of fused-ring (bicyclic) bond motifs is 1. The second kappa shape index (κ2) is 18.2. The molecule has 1 aromatic heterocycles. The number of unbranched alkanes of at least 4 members (excludes halogenated alkanes) is 1. The molecule has 0 unspecified atom stereocenters. The Kier molecular flexibility index (Phi) is 14.2. The number of benzene rings is 1. The van der Waals surface area contributed by atoms with Crippen molar-refractivity contribution in [2.45, 2.75) is 134 Å². The van der Waals surface area contributed by atoms with Crippen LogP contribution in [0, 0.1) is 23.7 Å². The van der Waals surface area contributed by atoms with Gasteiger partial charge in [-0.1, -0.05) is 53.4 Å². The summed E-state index contributed by atoms with van der Waals surface area (Å²) in [4.78, 5) is 62.0. The number of hydrogen-bond acceptors (Lipinski definition) is 10. The molecule has 2 aromatic rings. The highest BCUT2D eigenvalue weighted by Gasteiger charge is 2.67. The lowest BCUT2D eigenvalue weighted by atomic mass is 9.93. The Balaban J connectivity index is 0.00000163. The molecule has 5 atom stereocenters. The van der Waals surface area contributed by atoms with E-state index in [2.05, 4.69) is 36.1 Å².